The van der Waals surface area contributed by atoms with Gasteiger partial charge in [-0.05, 0) is 29.7 Å². The number of aromatic carboxylic acids is 1. The Bertz CT molecular complexity index is 869. The van der Waals surface area contributed by atoms with Crippen LogP contribution in [0.1, 0.15) is 20.8 Å². The number of carbonyl (C=O) groups is 1. The number of hydrogen-bond acceptors (Lipinski definition) is 5. The first-order valence-electron chi connectivity index (χ1n) is 7.96. The van der Waals surface area contributed by atoms with Crippen molar-refractivity contribution in [2.75, 3.05) is 38.3 Å². The average molecular weight is 393 g/mol. The molecule has 0 aliphatic carbocycles. The van der Waals surface area contributed by atoms with Gasteiger partial charge in [0.2, 0.25) is 5.69 Å². The van der Waals surface area contributed by atoms with Crippen LogP contribution in [0.3, 0.4) is 0 Å². The summed E-state index contributed by atoms with van der Waals surface area (Å²) in [6.45, 7) is 10.0. The van der Waals surface area contributed by atoms with Crippen LogP contribution in [0.4, 0.5) is 10.7 Å². The van der Waals surface area contributed by atoms with Crippen LogP contribution < -0.4 is 9.64 Å². The highest BCUT2D eigenvalue weighted by atomic mass is 35.5. The van der Waals surface area contributed by atoms with E-state index in [1.54, 1.807) is 12.1 Å². The number of thiophene rings is 1. The molecule has 0 unspecified atom stereocenters. The maximum Gasteiger partial charge on any atom is 0.344 e. The molecule has 1 aliphatic heterocycles. The Morgan fingerprint density at radius 2 is 2.19 bits per heavy atom. The number of nitrogens with zero attached hydrogens (tertiary/aromatic N) is 2. The molecule has 0 bridgehead atoms. The van der Waals surface area contributed by atoms with E-state index in [0.717, 1.165) is 16.9 Å². The summed E-state index contributed by atoms with van der Waals surface area (Å²) < 4.78 is 10.5. The fourth-order valence-electron chi connectivity index (χ4n) is 2.90. The molecule has 1 N–H and O–H groups in total. The number of morpholine rings is 1. The van der Waals surface area contributed by atoms with Gasteiger partial charge in [-0.1, -0.05) is 17.7 Å². The fourth-order valence-corrected chi connectivity index (χ4v) is 4.33. The van der Waals surface area contributed by atoms with E-state index >= 15 is 0 Å². The van der Waals surface area contributed by atoms with Crippen LogP contribution in [0.25, 0.3) is 4.85 Å². The van der Waals surface area contributed by atoms with Gasteiger partial charge >= 0.3 is 5.97 Å². The zero-order chi connectivity index (χ0) is 18.7. The molecule has 0 atom stereocenters. The minimum Gasteiger partial charge on any atom is -0.495 e. The van der Waals surface area contributed by atoms with E-state index in [2.05, 4.69) is 4.85 Å². The van der Waals surface area contributed by atoms with Crippen molar-refractivity contribution in [1.82, 2.24) is 0 Å². The highest BCUT2D eigenvalue weighted by molar-refractivity contribution is 7.18. The van der Waals surface area contributed by atoms with Crippen LogP contribution in [0.5, 0.6) is 5.75 Å². The Morgan fingerprint density at radius 3 is 2.77 bits per heavy atom. The van der Waals surface area contributed by atoms with Gasteiger partial charge in [-0.2, -0.15) is 0 Å². The first kappa shape index (κ1) is 18.5. The van der Waals surface area contributed by atoms with Crippen molar-refractivity contribution in [1.29, 1.82) is 0 Å². The molecule has 0 spiro atoms. The monoisotopic (exact) mass is 392 g/mol. The number of carboxylic acids is 1. The summed E-state index contributed by atoms with van der Waals surface area (Å²) in [6, 6.07) is 5.31. The molecule has 0 radical (unpaired) electrons. The minimum atomic E-state index is -1.02. The summed E-state index contributed by atoms with van der Waals surface area (Å²) in [5.41, 5.74) is 1.76. The summed E-state index contributed by atoms with van der Waals surface area (Å²) in [5, 5.41) is 10.8. The van der Waals surface area contributed by atoms with Gasteiger partial charge in [0, 0.05) is 13.1 Å². The Hall–Kier alpha value is -2.27. The zero-order valence-corrected chi connectivity index (χ0v) is 15.7. The van der Waals surface area contributed by atoms with E-state index in [1.807, 2.05) is 11.0 Å². The molecule has 1 fully saturated rings. The summed E-state index contributed by atoms with van der Waals surface area (Å²) in [5.74, 6) is -0.465. The van der Waals surface area contributed by atoms with E-state index in [-0.39, 0.29) is 4.88 Å². The van der Waals surface area contributed by atoms with Crippen LogP contribution in [-0.2, 0) is 11.2 Å². The van der Waals surface area contributed by atoms with E-state index < -0.39 is 5.97 Å². The van der Waals surface area contributed by atoms with Gasteiger partial charge in [-0.3, -0.25) is 0 Å². The van der Waals surface area contributed by atoms with E-state index in [4.69, 9.17) is 27.6 Å². The third-order valence-corrected chi connectivity index (χ3v) is 5.73. The lowest BCUT2D eigenvalue weighted by Crippen LogP contribution is -2.35. The normalized spacial score (nSPS) is 14.1. The maximum absolute atomic E-state index is 11.8. The van der Waals surface area contributed by atoms with E-state index in [0.29, 0.717) is 59.7 Å². The molecule has 0 saturated carbocycles. The van der Waals surface area contributed by atoms with Crippen LogP contribution in [0.15, 0.2) is 18.2 Å². The number of anilines is 1. The van der Waals surface area contributed by atoms with Gasteiger partial charge in [-0.25, -0.2) is 9.64 Å². The zero-order valence-electron chi connectivity index (χ0n) is 14.1. The number of ether oxygens (including phenoxy) is 2. The van der Waals surface area contributed by atoms with Gasteiger partial charge in [-0.15, -0.1) is 11.3 Å². The second-order valence-corrected chi connectivity index (χ2v) is 7.13. The second kappa shape index (κ2) is 7.96. The first-order chi connectivity index (χ1) is 12.5. The van der Waals surface area contributed by atoms with Gasteiger partial charge in [0.05, 0.1) is 36.9 Å². The summed E-state index contributed by atoms with van der Waals surface area (Å²) in [6.07, 6.45) is 0.323. The lowest BCUT2D eigenvalue weighted by Gasteiger charge is -2.28. The first-order valence-corrected chi connectivity index (χ1v) is 9.16. The third-order valence-electron chi connectivity index (χ3n) is 4.16. The van der Waals surface area contributed by atoms with Gasteiger partial charge < -0.3 is 19.5 Å². The number of rotatable bonds is 5. The Kier molecular flexibility index (Phi) is 5.67. The molecular weight excluding hydrogens is 376 g/mol. The van der Waals surface area contributed by atoms with Gasteiger partial charge in [0.1, 0.15) is 10.6 Å². The molecule has 6 nitrogen and oxygen atoms in total. The van der Waals surface area contributed by atoms with Crippen molar-refractivity contribution in [2.24, 2.45) is 0 Å². The lowest BCUT2D eigenvalue weighted by molar-refractivity contribution is 0.0701. The fraction of sp³-hybridized carbons (Fsp3) is 0.333. The molecule has 1 aromatic carbocycles. The van der Waals surface area contributed by atoms with Crippen LogP contribution in [-0.4, -0.2) is 44.5 Å². The molecular formula is C18H17ClN2O4S. The van der Waals surface area contributed by atoms with Gasteiger partial charge in [0.25, 0.3) is 0 Å². The van der Waals surface area contributed by atoms with Crippen molar-refractivity contribution in [3.8, 4) is 5.75 Å². The molecule has 2 heterocycles. The Labute approximate surface area is 160 Å². The van der Waals surface area contributed by atoms with Crippen molar-refractivity contribution >= 4 is 39.6 Å². The minimum absolute atomic E-state index is 0.199. The molecule has 0 amide bonds. The molecule has 1 aromatic heterocycles. The third kappa shape index (κ3) is 3.63. The standard InChI is InChI=1S/C18H17ClN2O4S/c1-20-15-12(9-11-3-4-14(24-2)13(19)10-11)16(18(22)23)26-17(15)21-5-7-25-8-6-21/h3-4,10H,5-9H2,2H3,(H,22,23). The number of carboxylic acid groups (broad SMARTS) is 1. The topological polar surface area (TPSA) is 63.4 Å². The number of methoxy groups -OCH3 is 1. The van der Waals surface area contributed by atoms with Crippen LogP contribution >= 0.6 is 22.9 Å². The van der Waals surface area contributed by atoms with Crippen LogP contribution in [0.2, 0.25) is 5.02 Å². The lowest BCUT2D eigenvalue weighted by atomic mass is 10.0. The van der Waals surface area contributed by atoms with E-state index in [1.165, 1.54) is 7.11 Å². The Morgan fingerprint density at radius 1 is 1.46 bits per heavy atom. The number of benzene rings is 1. The molecule has 2 aromatic rings. The summed E-state index contributed by atoms with van der Waals surface area (Å²) >= 11 is 7.33. The SMILES string of the molecule is [C-]#[N+]c1c(N2CCOCC2)sc(C(=O)O)c1Cc1ccc(OC)c(Cl)c1. The quantitative estimate of drug-likeness (QED) is 0.776. The molecule has 1 saturated heterocycles. The highest BCUT2D eigenvalue weighted by Gasteiger charge is 2.27. The highest BCUT2D eigenvalue weighted by Crippen LogP contribution is 2.44. The van der Waals surface area contributed by atoms with Crippen molar-refractivity contribution in [3.63, 3.8) is 0 Å². The number of halogens is 1. The second-order valence-electron chi connectivity index (χ2n) is 5.73. The molecule has 1 aliphatic rings. The summed E-state index contributed by atoms with van der Waals surface area (Å²) in [7, 11) is 1.54. The molecule has 8 heteroatoms. The van der Waals surface area contributed by atoms with Crippen LogP contribution in [0, 0.1) is 6.57 Å². The molecule has 26 heavy (non-hydrogen) atoms. The van der Waals surface area contributed by atoms with Crippen molar-refractivity contribution < 1.29 is 19.4 Å². The summed E-state index contributed by atoms with van der Waals surface area (Å²) in [4.78, 5) is 17.6. The predicted octanol–water partition coefficient (Wildman–Crippen LogP) is 4.09. The van der Waals surface area contributed by atoms with Gasteiger partial charge in [0.15, 0.2) is 0 Å². The smallest absolute Gasteiger partial charge is 0.344 e. The van der Waals surface area contributed by atoms with E-state index in [9.17, 15) is 9.90 Å². The Balaban J connectivity index is 2.02. The number of hydrogen-bond donors (Lipinski definition) is 1. The molecule has 136 valence electrons. The largest absolute Gasteiger partial charge is 0.495 e. The predicted molar refractivity (Wildman–Crippen MR) is 101 cm³/mol. The maximum atomic E-state index is 11.8. The average Bonchev–Trinajstić information content (AvgIpc) is 3.01. The molecule has 3 rings (SSSR count). The van der Waals surface area contributed by atoms with Crippen molar-refractivity contribution in [2.45, 2.75) is 6.42 Å². The van der Waals surface area contributed by atoms with Crippen molar-refractivity contribution in [3.05, 3.63) is 50.6 Å².